The van der Waals surface area contributed by atoms with E-state index < -0.39 is 0 Å². The Morgan fingerprint density at radius 1 is 1.23 bits per heavy atom. The third-order valence-electron chi connectivity index (χ3n) is 4.35. The molecule has 136 valence electrons. The highest BCUT2D eigenvalue weighted by atomic mass is 32.1. The fourth-order valence-electron chi connectivity index (χ4n) is 3.17. The number of aromatic nitrogens is 2. The van der Waals surface area contributed by atoms with Gasteiger partial charge in [-0.15, -0.1) is 11.3 Å². The Morgan fingerprint density at radius 2 is 2.19 bits per heavy atom. The van der Waals surface area contributed by atoms with Gasteiger partial charge in [0.2, 0.25) is 11.7 Å². The Balaban J connectivity index is 1.48. The number of benzene rings is 1. The minimum Gasteiger partial charge on any atom is -0.377 e. The summed E-state index contributed by atoms with van der Waals surface area (Å²) in [4.78, 5) is 7.66. The molecule has 2 aromatic heterocycles. The molecule has 1 aromatic carbocycles. The summed E-state index contributed by atoms with van der Waals surface area (Å²) < 4.78 is 24.7. The van der Waals surface area contributed by atoms with Gasteiger partial charge in [0.05, 0.1) is 17.5 Å². The van der Waals surface area contributed by atoms with Gasteiger partial charge in [0.15, 0.2) is 0 Å². The molecule has 1 atom stereocenters. The molecule has 3 aromatic rings. The van der Waals surface area contributed by atoms with E-state index in [1.54, 1.807) is 23.5 Å². The second-order valence-corrected chi connectivity index (χ2v) is 7.37. The van der Waals surface area contributed by atoms with Crippen molar-refractivity contribution in [1.82, 2.24) is 15.0 Å². The lowest BCUT2D eigenvalue weighted by Crippen LogP contribution is -2.31. The Bertz CT molecular complexity index is 831. The molecule has 1 saturated heterocycles. The molecule has 1 fully saturated rings. The second kappa shape index (κ2) is 8.07. The van der Waals surface area contributed by atoms with E-state index in [1.165, 1.54) is 6.07 Å². The van der Waals surface area contributed by atoms with Crippen LogP contribution in [0.25, 0.3) is 10.7 Å². The Morgan fingerprint density at radius 3 is 2.96 bits per heavy atom. The van der Waals surface area contributed by atoms with Crippen molar-refractivity contribution in [3.63, 3.8) is 0 Å². The second-order valence-electron chi connectivity index (χ2n) is 6.42. The summed E-state index contributed by atoms with van der Waals surface area (Å²) in [5.41, 5.74) is 0.918. The quantitative estimate of drug-likeness (QED) is 0.624. The summed E-state index contributed by atoms with van der Waals surface area (Å²) in [6.45, 7) is 2.68. The van der Waals surface area contributed by atoms with Gasteiger partial charge in [-0.25, -0.2) is 4.39 Å². The molecule has 26 heavy (non-hydrogen) atoms. The molecule has 7 heteroatoms. The number of ether oxygens (including phenoxy) is 1. The van der Waals surface area contributed by atoms with Crippen LogP contribution < -0.4 is 0 Å². The lowest BCUT2D eigenvalue weighted by atomic mass is 10.1. The first-order valence-electron chi connectivity index (χ1n) is 8.71. The van der Waals surface area contributed by atoms with Crippen molar-refractivity contribution in [2.24, 2.45) is 0 Å². The average molecular weight is 373 g/mol. The molecule has 0 saturated carbocycles. The molecule has 0 aliphatic carbocycles. The van der Waals surface area contributed by atoms with Crippen LogP contribution in [0, 0.1) is 5.82 Å². The van der Waals surface area contributed by atoms with Crippen molar-refractivity contribution in [3.8, 4) is 10.7 Å². The van der Waals surface area contributed by atoms with E-state index in [2.05, 4.69) is 15.0 Å². The number of hydrogen-bond donors (Lipinski definition) is 0. The molecule has 0 spiro atoms. The number of rotatable bonds is 7. The summed E-state index contributed by atoms with van der Waals surface area (Å²) >= 11 is 1.58. The minimum atomic E-state index is -0.225. The Labute approximate surface area is 155 Å². The predicted molar refractivity (Wildman–Crippen MR) is 97.1 cm³/mol. The van der Waals surface area contributed by atoms with Gasteiger partial charge in [0.25, 0.3) is 0 Å². The largest absolute Gasteiger partial charge is 0.377 e. The molecule has 0 amide bonds. The van der Waals surface area contributed by atoms with Crippen LogP contribution in [-0.4, -0.2) is 34.3 Å². The predicted octanol–water partition coefficient (Wildman–Crippen LogP) is 4.12. The van der Waals surface area contributed by atoms with Crippen LogP contribution in [0.5, 0.6) is 0 Å². The summed E-state index contributed by atoms with van der Waals surface area (Å²) in [6.07, 6.45) is 2.33. The number of halogens is 1. The van der Waals surface area contributed by atoms with Gasteiger partial charge in [-0.2, -0.15) is 4.98 Å². The minimum absolute atomic E-state index is 0.197. The van der Waals surface area contributed by atoms with Crippen molar-refractivity contribution < 1.29 is 13.7 Å². The number of hydrogen-bond acceptors (Lipinski definition) is 6. The lowest BCUT2D eigenvalue weighted by molar-refractivity contribution is 0.0640. The summed E-state index contributed by atoms with van der Waals surface area (Å²) in [5.74, 6) is 0.943. The van der Waals surface area contributed by atoms with Crippen LogP contribution in [0.1, 0.15) is 24.3 Å². The zero-order valence-corrected chi connectivity index (χ0v) is 15.1. The van der Waals surface area contributed by atoms with E-state index in [9.17, 15) is 4.39 Å². The molecule has 1 unspecified atom stereocenters. The first-order valence-corrected chi connectivity index (χ1v) is 9.59. The van der Waals surface area contributed by atoms with Crippen molar-refractivity contribution in [2.45, 2.75) is 32.0 Å². The fraction of sp³-hybridized carbons (Fsp3) is 0.368. The van der Waals surface area contributed by atoms with Crippen molar-refractivity contribution in [2.75, 3.05) is 13.2 Å². The molecule has 1 aliphatic heterocycles. The first kappa shape index (κ1) is 17.3. The monoisotopic (exact) mass is 373 g/mol. The van der Waals surface area contributed by atoms with Crippen LogP contribution in [0.15, 0.2) is 46.3 Å². The highest BCUT2D eigenvalue weighted by molar-refractivity contribution is 7.13. The van der Waals surface area contributed by atoms with Crippen molar-refractivity contribution in [1.29, 1.82) is 0 Å². The van der Waals surface area contributed by atoms with E-state index in [4.69, 9.17) is 9.26 Å². The summed E-state index contributed by atoms with van der Waals surface area (Å²) in [6, 6.07) is 10.6. The topological polar surface area (TPSA) is 51.4 Å². The van der Waals surface area contributed by atoms with Crippen LogP contribution in [0.2, 0.25) is 0 Å². The molecule has 0 radical (unpaired) electrons. The van der Waals surface area contributed by atoms with Gasteiger partial charge < -0.3 is 9.26 Å². The first-order chi connectivity index (χ1) is 12.8. The van der Waals surface area contributed by atoms with E-state index >= 15 is 0 Å². The number of thiophene rings is 1. The average Bonchev–Trinajstić information content (AvgIpc) is 3.37. The molecule has 0 bridgehead atoms. The molecule has 3 heterocycles. The van der Waals surface area contributed by atoms with Gasteiger partial charge in [0, 0.05) is 19.7 Å². The fourth-order valence-corrected chi connectivity index (χ4v) is 3.82. The molecule has 5 nitrogen and oxygen atoms in total. The Hall–Kier alpha value is -2.09. The van der Waals surface area contributed by atoms with Gasteiger partial charge in [-0.05, 0) is 42.0 Å². The SMILES string of the molecule is Fc1cccc(CN(Cc2nc(-c3cccs3)no2)CC2CCCO2)c1. The van der Waals surface area contributed by atoms with E-state index in [0.29, 0.717) is 24.8 Å². The molecule has 4 rings (SSSR count). The van der Waals surface area contributed by atoms with E-state index in [0.717, 1.165) is 36.4 Å². The third kappa shape index (κ3) is 4.35. The van der Waals surface area contributed by atoms with E-state index in [1.807, 2.05) is 23.6 Å². The number of nitrogens with zero attached hydrogens (tertiary/aromatic N) is 3. The summed E-state index contributed by atoms with van der Waals surface area (Å²) in [5, 5.41) is 6.06. The van der Waals surface area contributed by atoms with Crippen LogP contribution in [-0.2, 0) is 17.8 Å². The third-order valence-corrected chi connectivity index (χ3v) is 5.22. The van der Waals surface area contributed by atoms with Gasteiger partial charge >= 0.3 is 0 Å². The van der Waals surface area contributed by atoms with Crippen LogP contribution in [0.3, 0.4) is 0 Å². The van der Waals surface area contributed by atoms with Gasteiger partial charge in [0.1, 0.15) is 5.82 Å². The standard InChI is InChI=1S/C19H20FN3O2S/c20-15-5-1-4-14(10-15)11-23(12-16-6-2-8-24-16)13-18-21-19(22-25-18)17-7-3-9-26-17/h1,3-5,7,9-10,16H,2,6,8,11-13H2. The maximum absolute atomic E-state index is 13.5. The van der Waals surface area contributed by atoms with Gasteiger partial charge in [-0.1, -0.05) is 23.4 Å². The molecular weight excluding hydrogens is 353 g/mol. The maximum atomic E-state index is 13.5. The smallest absolute Gasteiger partial charge is 0.241 e. The zero-order valence-electron chi connectivity index (χ0n) is 14.3. The Kier molecular flexibility index (Phi) is 5.38. The van der Waals surface area contributed by atoms with Gasteiger partial charge in [-0.3, -0.25) is 4.90 Å². The summed E-state index contributed by atoms with van der Waals surface area (Å²) in [7, 11) is 0. The highest BCUT2D eigenvalue weighted by Crippen LogP contribution is 2.22. The maximum Gasteiger partial charge on any atom is 0.241 e. The van der Waals surface area contributed by atoms with Crippen molar-refractivity contribution >= 4 is 11.3 Å². The molecular formula is C19H20FN3O2S. The van der Waals surface area contributed by atoms with Crippen LogP contribution >= 0.6 is 11.3 Å². The van der Waals surface area contributed by atoms with E-state index in [-0.39, 0.29) is 11.9 Å². The highest BCUT2D eigenvalue weighted by Gasteiger charge is 2.21. The van der Waals surface area contributed by atoms with Crippen molar-refractivity contribution in [3.05, 3.63) is 59.0 Å². The molecule has 0 N–H and O–H groups in total. The molecule has 1 aliphatic rings. The van der Waals surface area contributed by atoms with Crippen LogP contribution in [0.4, 0.5) is 4.39 Å². The zero-order chi connectivity index (χ0) is 17.8. The lowest BCUT2D eigenvalue weighted by Gasteiger charge is -2.23. The normalized spacial score (nSPS) is 17.2.